The average molecular weight is 251 g/mol. The highest BCUT2D eigenvalue weighted by Gasteiger charge is 2.16. The molecule has 1 heterocycles. The third kappa shape index (κ3) is 1.86. The van der Waals surface area contributed by atoms with Gasteiger partial charge in [0.25, 0.3) is 0 Å². The van der Waals surface area contributed by atoms with E-state index in [0.29, 0.717) is 0 Å². The molecule has 0 bridgehead atoms. The highest BCUT2D eigenvalue weighted by molar-refractivity contribution is 5.90. The second-order valence-corrected chi connectivity index (χ2v) is 3.71. The lowest BCUT2D eigenvalue weighted by Gasteiger charge is -2.13. The molecule has 0 aliphatic rings. The highest BCUT2D eigenvalue weighted by Crippen LogP contribution is 2.17. The largest absolute Gasteiger partial charge is 0.477 e. The maximum absolute atomic E-state index is 13.8. The molecule has 18 heavy (non-hydrogen) atoms. The molecular weight excluding hydrogens is 241 g/mol. The average Bonchev–Trinajstić information content (AvgIpc) is 2.32. The van der Waals surface area contributed by atoms with Crippen molar-refractivity contribution in [3.05, 3.63) is 46.0 Å². The van der Waals surface area contributed by atoms with Crippen LogP contribution in [0.1, 0.15) is 10.5 Å². The smallest absolute Gasteiger partial charge is 0.352 e. The molecule has 2 aromatic rings. The third-order valence-electron chi connectivity index (χ3n) is 2.62. The van der Waals surface area contributed by atoms with E-state index in [1.54, 1.807) is 0 Å². The van der Waals surface area contributed by atoms with E-state index in [4.69, 9.17) is 10.2 Å². The molecule has 0 atom stereocenters. The number of nitrogens with zero attached hydrogens (tertiary/aromatic N) is 1. The molecule has 94 valence electrons. The summed E-state index contributed by atoms with van der Waals surface area (Å²) < 4.78 is 14.9. The molecule has 0 aliphatic carbocycles. The number of fused-ring (bicyclic) bond motifs is 1. The number of benzene rings is 1. The van der Waals surface area contributed by atoms with Crippen LogP contribution in [0.2, 0.25) is 0 Å². The van der Waals surface area contributed by atoms with Gasteiger partial charge in [-0.25, -0.2) is 9.18 Å². The van der Waals surface area contributed by atoms with Crippen molar-refractivity contribution in [1.82, 2.24) is 4.57 Å². The molecule has 1 aromatic carbocycles. The number of carboxylic acid groups (broad SMARTS) is 1. The fraction of sp³-hybridized carbons (Fsp3) is 0.167. The molecule has 0 saturated carbocycles. The first kappa shape index (κ1) is 12.3. The summed E-state index contributed by atoms with van der Waals surface area (Å²) in [4.78, 5) is 22.7. The summed E-state index contributed by atoms with van der Waals surface area (Å²) in [5.74, 6) is -2.04. The summed E-state index contributed by atoms with van der Waals surface area (Å²) in [6.45, 7) is -0.452. The molecule has 0 fully saturated rings. The van der Waals surface area contributed by atoms with Gasteiger partial charge in [0.1, 0.15) is 11.5 Å². The monoisotopic (exact) mass is 251 g/mol. The zero-order chi connectivity index (χ0) is 13.3. The number of carbonyl (C=O) groups is 1. The van der Waals surface area contributed by atoms with Crippen molar-refractivity contribution in [1.29, 1.82) is 0 Å². The number of hydrogen-bond donors (Lipinski definition) is 2. The summed E-state index contributed by atoms with van der Waals surface area (Å²) in [5.41, 5.74) is -1.00. The van der Waals surface area contributed by atoms with Crippen LogP contribution in [0.5, 0.6) is 0 Å². The Balaban J connectivity index is 2.96. The Morgan fingerprint density at radius 2 is 2.11 bits per heavy atom. The van der Waals surface area contributed by atoms with Crippen LogP contribution in [-0.4, -0.2) is 27.4 Å². The topological polar surface area (TPSA) is 79.5 Å². The van der Waals surface area contributed by atoms with Gasteiger partial charge in [-0.3, -0.25) is 4.79 Å². The van der Waals surface area contributed by atoms with Crippen LogP contribution in [0.25, 0.3) is 10.9 Å². The van der Waals surface area contributed by atoms with Gasteiger partial charge in [-0.1, -0.05) is 6.07 Å². The van der Waals surface area contributed by atoms with Gasteiger partial charge < -0.3 is 14.8 Å². The normalized spacial score (nSPS) is 10.8. The fourth-order valence-electron chi connectivity index (χ4n) is 1.90. The van der Waals surface area contributed by atoms with Crippen LogP contribution < -0.4 is 5.43 Å². The summed E-state index contributed by atoms with van der Waals surface area (Å²) in [5, 5.41) is 18.0. The van der Waals surface area contributed by atoms with Gasteiger partial charge in [0, 0.05) is 18.0 Å². The van der Waals surface area contributed by atoms with Crippen molar-refractivity contribution < 1.29 is 19.4 Å². The molecule has 6 heteroatoms. The van der Waals surface area contributed by atoms with Crippen LogP contribution in [0.15, 0.2) is 29.1 Å². The van der Waals surface area contributed by atoms with Gasteiger partial charge in [-0.15, -0.1) is 0 Å². The Morgan fingerprint density at radius 3 is 2.72 bits per heavy atom. The maximum atomic E-state index is 13.8. The van der Waals surface area contributed by atoms with Crippen LogP contribution >= 0.6 is 0 Å². The minimum absolute atomic E-state index is 0.0912. The van der Waals surface area contributed by atoms with Crippen LogP contribution in [0.3, 0.4) is 0 Å². The number of halogens is 1. The van der Waals surface area contributed by atoms with E-state index >= 15 is 0 Å². The molecule has 0 unspecified atom stereocenters. The third-order valence-corrected chi connectivity index (χ3v) is 2.62. The summed E-state index contributed by atoms with van der Waals surface area (Å²) in [6, 6.07) is 4.87. The summed E-state index contributed by atoms with van der Waals surface area (Å²) in [7, 11) is 0. The van der Waals surface area contributed by atoms with Gasteiger partial charge in [-0.05, 0) is 12.1 Å². The Hall–Kier alpha value is -2.21. The first-order chi connectivity index (χ1) is 8.56. The predicted octanol–water partition coefficient (Wildman–Crippen LogP) is 0.831. The van der Waals surface area contributed by atoms with Crippen molar-refractivity contribution in [2.45, 2.75) is 6.54 Å². The fourth-order valence-corrected chi connectivity index (χ4v) is 1.90. The Bertz CT molecular complexity index is 678. The lowest BCUT2D eigenvalue weighted by Crippen LogP contribution is -2.20. The van der Waals surface area contributed by atoms with Crippen molar-refractivity contribution >= 4 is 16.9 Å². The number of rotatable bonds is 3. The zero-order valence-corrected chi connectivity index (χ0v) is 9.26. The molecule has 0 saturated heterocycles. The molecule has 0 amide bonds. The van der Waals surface area contributed by atoms with Gasteiger partial charge in [0.05, 0.1) is 12.1 Å². The number of aliphatic hydroxyl groups excluding tert-OH is 1. The lowest BCUT2D eigenvalue weighted by atomic mass is 10.1. The summed E-state index contributed by atoms with van der Waals surface area (Å²) in [6.07, 6.45) is 0. The first-order valence-electron chi connectivity index (χ1n) is 5.22. The number of hydrogen-bond acceptors (Lipinski definition) is 3. The van der Waals surface area contributed by atoms with Crippen molar-refractivity contribution in [2.75, 3.05) is 6.61 Å². The number of carboxylic acids is 1. The van der Waals surface area contributed by atoms with E-state index in [1.807, 2.05) is 0 Å². The van der Waals surface area contributed by atoms with Crippen LogP contribution in [0, 0.1) is 5.82 Å². The van der Waals surface area contributed by atoms with Crippen LogP contribution in [0.4, 0.5) is 4.39 Å². The first-order valence-corrected chi connectivity index (χ1v) is 5.22. The highest BCUT2D eigenvalue weighted by atomic mass is 19.1. The van der Waals surface area contributed by atoms with E-state index in [9.17, 15) is 14.0 Å². The quantitative estimate of drug-likeness (QED) is 0.846. The molecule has 2 rings (SSSR count). The van der Waals surface area contributed by atoms with Crippen molar-refractivity contribution in [3.63, 3.8) is 0 Å². The van der Waals surface area contributed by atoms with E-state index in [0.717, 1.165) is 16.7 Å². The molecule has 2 N–H and O–H groups in total. The zero-order valence-electron chi connectivity index (χ0n) is 9.26. The molecule has 1 aromatic heterocycles. The Morgan fingerprint density at radius 1 is 1.39 bits per heavy atom. The number of pyridine rings is 1. The Kier molecular flexibility index (Phi) is 3.12. The summed E-state index contributed by atoms with van der Waals surface area (Å²) >= 11 is 0. The molecular formula is C12H10FNO4. The lowest BCUT2D eigenvalue weighted by molar-refractivity contribution is 0.0683. The standard InChI is InChI=1S/C12H10FNO4/c13-8-3-1-2-7-10(16)6-9(12(17)18)14(4-5-15)11(7)8/h1-3,6,15H,4-5H2,(H,17,18). The van der Waals surface area contributed by atoms with Crippen LogP contribution in [-0.2, 0) is 6.54 Å². The number of para-hydroxylation sites is 1. The van der Waals surface area contributed by atoms with E-state index < -0.39 is 17.2 Å². The van der Waals surface area contributed by atoms with Crippen molar-refractivity contribution in [3.8, 4) is 0 Å². The van der Waals surface area contributed by atoms with Gasteiger partial charge >= 0.3 is 5.97 Å². The Labute approximate surface area is 101 Å². The maximum Gasteiger partial charge on any atom is 0.352 e. The van der Waals surface area contributed by atoms with E-state index in [1.165, 1.54) is 12.1 Å². The molecule has 5 nitrogen and oxygen atoms in total. The SMILES string of the molecule is O=C(O)c1cc(=O)c2cccc(F)c2n1CCO. The van der Waals surface area contributed by atoms with Gasteiger partial charge in [0.15, 0.2) is 5.43 Å². The van der Waals surface area contributed by atoms with Gasteiger partial charge in [0.2, 0.25) is 0 Å². The van der Waals surface area contributed by atoms with Gasteiger partial charge in [-0.2, -0.15) is 0 Å². The predicted molar refractivity (Wildman–Crippen MR) is 62.2 cm³/mol. The van der Waals surface area contributed by atoms with E-state index in [-0.39, 0.29) is 29.7 Å². The minimum atomic E-state index is -1.34. The minimum Gasteiger partial charge on any atom is -0.477 e. The number of aromatic carboxylic acids is 1. The number of aliphatic hydroxyl groups is 1. The van der Waals surface area contributed by atoms with E-state index in [2.05, 4.69) is 0 Å². The molecule has 0 radical (unpaired) electrons. The number of aromatic nitrogens is 1. The van der Waals surface area contributed by atoms with Crippen molar-refractivity contribution in [2.24, 2.45) is 0 Å². The molecule has 0 aliphatic heterocycles. The second-order valence-electron chi connectivity index (χ2n) is 3.71. The second kappa shape index (κ2) is 4.58. The molecule has 0 spiro atoms.